The molecule has 2 heterocycles. The SMILES string of the molecule is O=C(Nc1cccnc1)C1CCCCC1c1nc2ccccc2s1. The van der Waals surface area contributed by atoms with Crippen LogP contribution in [-0.4, -0.2) is 15.9 Å². The number of anilines is 1. The van der Waals surface area contributed by atoms with Crippen molar-refractivity contribution >= 4 is 33.1 Å². The number of fused-ring (bicyclic) bond motifs is 1. The average molecular weight is 337 g/mol. The number of carbonyl (C=O) groups is 1. The highest BCUT2D eigenvalue weighted by Crippen LogP contribution is 2.41. The molecule has 5 heteroatoms. The number of carbonyl (C=O) groups excluding carboxylic acids is 1. The second kappa shape index (κ2) is 6.69. The lowest BCUT2D eigenvalue weighted by Gasteiger charge is -2.29. The molecule has 2 aromatic heterocycles. The van der Waals surface area contributed by atoms with Crippen LogP contribution < -0.4 is 5.32 Å². The average Bonchev–Trinajstić information content (AvgIpc) is 3.06. The maximum Gasteiger partial charge on any atom is 0.228 e. The molecule has 1 amide bonds. The molecule has 0 bridgehead atoms. The molecule has 0 spiro atoms. The van der Waals surface area contributed by atoms with Crippen molar-refractivity contribution in [2.24, 2.45) is 5.92 Å². The van der Waals surface area contributed by atoms with E-state index in [2.05, 4.69) is 16.4 Å². The molecule has 122 valence electrons. The lowest BCUT2D eigenvalue weighted by atomic mass is 9.79. The Morgan fingerprint density at radius 1 is 1.12 bits per heavy atom. The first-order valence-electron chi connectivity index (χ1n) is 8.37. The van der Waals surface area contributed by atoms with E-state index < -0.39 is 0 Å². The van der Waals surface area contributed by atoms with E-state index in [9.17, 15) is 4.79 Å². The van der Waals surface area contributed by atoms with E-state index in [1.165, 1.54) is 4.70 Å². The number of amides is 1. The summed E-state index contributed by atoms with van der Waals surface area (Å²) in [7, 11) is 0. The van der Waals surface area contributed by atoms with E-state index in [0.717, 1.165) is 41.9 Å². The van der Waals surface area contributed by atoms with Gasteiger partial charge >= 0.3 is 0 Å². The zero-order chi connectivity index (χ0) is 16.4. The van der Waals surface area contributed by atoms with Crippen LogP contribution in [0.3, 0.4) is 0 Å². The minimum Gasteiger partial charge on any atom is -0.324 e. The summed E-state index contributed by atoms with van der Waals surface area (Å²) in [5.41, 5.74) is 1.80. The first-order chi connectivity index (χ1) is 11.8. The second-order valence-electron chi connectivity index (χ2n) is 6.25. The molecule has 2 atom stereocenters. The fourth-order valence-corrected chi connectivity index (χ4v) is 4.63. The van der Waals surface area contributed by atoms with Gasteiger partial charge < -0.3 is 5.32 Å². The molecule has 1 aliphatic rings. The summed E-state index contributed by atoms with van der Waals surface area (Å²) in [6.07, 6.45) is 7.62. The van der Waals surface area contributed by atoms with E-state index in [1.807, 2.05) is 30.3 Å². The molecule has 1 saturated carbocycles. The normalized spacial score (nSPS) is 20.8. The van der Waals surface area contributed by atoms with Crippen molar-refractivity contribution in [1.82, 2.24) is 9.97 Å². The van der Waals surface area contributed by atoms with Gasteiger partial charge in [-0.3, -0.25) is 9.78 Å². The Hall–Kier alpha value is -2.27. The van der Waals surface area contributed by atoms with E-state index in [-0.39, 0.29) is 17.7 Å². The molecule has 1 aliphatic carbocycles. The summed E-state index contributed by atoms with van der Waals surface area (Å²) in [6.45, 7) is 0. The van der Waals surface area contributed by atoms with Gasteiger partial charge in [0.1, 0.15) is 0 Å². The first-order valence-corrected chi connectivity index (χ1v) is 9.19. The number of hydrogen-bond donors (Lipinski definition) is 1. The van der Waals surface area contributed by atoms with Crippen molar-refractivity contribution in [2.75, 3.05) is 5.32 Å². The molecule has 4 nitrogen and oxygen atoms in total. The van der Waals surface area contributed by atoms with Crippen molar-refractivity contribution in [1.29, 1.82) is 0 Å². The molecule has 1 fully saturated rings. The van der Waals surface area contributed by atoms with Gasteiger partial charge in [-0.15, -0.1) is 11.3 Å². The molecule has 0 aliphatic heterocycles. The highest BCUT2D eigenvalue weighted by atomic mass is 32.1. The van der Waals surface area contributed by atoms with Crippen LogP contribution in [0.5, 0.6) is 0 Å². The lowest BCUT2D eigenvalue weighted by molar-refractivity contribution is -0.121. The third kappa shape index (κ3) is 3.04. The molecular weight excluding hydrogens is 318 g/mol. The minimum absolute atomic E-state index is 0.0143. The van der Waals surface area contributed by atoms with Crippen LogP contribution in [0, 0.1) is 5.92 Å². The number of nitrogens with one attached hydrogen (secondary N) is 1. The lowest BCUT2D eigenvalue weighted by Crippen LogP contribution is -2.30. The quantitative estimate of drug-likeness (QED) is 0.759. The molecule has 1 N–H and O–H groups in total. The van der Waals surface area contributed by atoms with Crippen molar-refractivity contribution in [3.05, 3.63) is 53.8 Å². The second-order valence-corrected chi connectivity index (χ2v) is 7.31. The van der Waals surface area contributed by atoms with E-state index in [4.69, 9.17) is 4.98 Å². The van der Waals surface area contributed by atoms with Gasteiger partial charge in [-0.25, -0.2) is 4.98 Å². The van der Waals surface area contributed by atoms with Gasteiger partial charge in [0.05, 0.1) is 27.1 Å². The van der Waals surface area contributed by atoms with Crippen LogP contribution in [0.2, 0.25) is 0 Å². The third-order valence-corrected chi connectivity index (χ3v) is 5.83. The molecule has 0 saturated heterocycles. The Bertz CT molecular complexity index is 813. The number of thiazole rings is 1. The number of benzene rings is 1. The van der Waals surface area contributed by atoms with E-state index in [0.29, 0.717) is 0 Å². The van der Waals surface area contributed by atoms with Gasteiger partial charge in [0, 0.05) is 18.0 Å². The molecular formula is C19H19N3OS. The monoisotopic (exact) mass is 337 g/mol. The third-order valence-electron chi connectivity index (χ3n) is 4.66. The van der Waals surface area contributed by atoms with Gasteiger partial charge in [-0.1, -0.05) is 25.0 Å². The summed E-state index contributed by atoms with van der Waals surface area (Å²) < 4.78 is 1.20. The van der Waals surface area contributed by atoms with Gasteiger partial charge in [0.15, 0.2) is 0 Å². The highest BCUT2D eigenvalue weighted by Gasteiger charge is 2.34. The molecule has 4 rings (SSSR count). The summed E-state index contributed by atoms with van der Waals surface area (Å²) in [6, 6.07) is 11.9. The summed E-state index contributed by atoms with van der Waals surface area (Å²) in [5, 5.41) is 4.12. The largest absolute Gasteiger partial charge is 0.324 e. The number of pyridine rings is 1. The standard InChI is InChI=1S/C19H19N3OS/c23-18(21-13-6-5-11-20-12-13)14-7-1-2-8-15(14)19-22-16-9-3-4-10-17(16)24-19/h3-6,9-12,14-15H,1-2,7-8H2,(H,21,23). The smallest absolute Gasteiger partial charge is 0.228 e. The van der Waals surface area contributed by atoms with Gasteiger partial charge in [-0.2, -0.15) is 0 Å². The zero-order valence-electron chi connectivity index (χ0n) is 13.3. The first kappa shape index (κ1) is 15.3. The Labute approximate surface area is 145 Å². The summed E-state index contributed by atoms with van der Waals surface area (Å²) >= 11 is 1.73. The summed E-state index contributed by atoms with van der Waals surface area (Å²) in [4.78, 5) is 21.7. The Morgan fingerprint density at radius 3 is 2.83 bits per heavy atom. The number of para-hydroxylation sites is 1. The van der Waals surface area contributed by atoms with Crippen LogP contribution in [0.15, 0.2) is 48.8 Å². The van der Waals surface area contributed by atoms with E-state index >= 15 is 0 Å². The number of aromatic nitrogens is 2. The van der Waals surface area contributed by atoms with E-state index in [1.54, 1.807) is 23.7 Å². The topological polar surface area (TPSA) is 54.9 Å². The highest BCUT2D eigenvalue weighted by molar-refractivity contribution is 7.18. The van der Waals surface area contributed by atoms with Crippen molar-refractivity contribution in [2.45, 2.75) is 31.6 Å². The Kier molecular flexibility index (Phi) is 4.26. The summed E-state index contributed by atoms with van der Waals surface area (Å²) in [5.74, 6) is 0.291. The molecule has 2 unspecified atom stereocenters. The predicted octanol–water partition coefficient (Wildman–Crippen LogP) is 4.60. The fourth-order valence-electron chi connectivity index (χ4n) is 3.46. The van der Waals surface area contributed by atoms with Crippen LogP contribution in [0.1, 0.15) is 36.6 Å². The molecule has 3 aromatic rings. The van der Waals surface area contributed by atoms with Crippen molar-refractivity contribution in [3.8, 4) is 0 Å². The maximum absolute atomic E-state index is 12.8. The number of rotatable bonds is 3. The molecule has 0 radical (unpaired) electrons. The van der Waals surface area contributed by atoms with Crippen LogP contribution in [0.25, 0.3) is 10.2 Å². The maximum atomic E-state index is 12.8. The zero-order valence-corrected chi connectivity index (χ0v) is 14.1. The van der Waals surface area contributed by atoms with Crippen LogP contribution in [-0.2, 0) is 4.79 Å². The Morgan fingerprint density at radius 2 is 2.00 bits per heavy atom. The number of nitrogens with zero attached hydrogens (tertiary/aromatic N) is 2. The van der Waals surface area contributed by atoms with Crippen molar-refractivity contribution in [3.63, 3.8) is 0 Å². The molecule has 1 aromatic carbocycles. The fraction of sp³-hybridized carbons (Fsp3) is 0.316. The minimum atomic E-state index is -0.0143. The van der Waals surface area contributed by atoms with Crippen molar-refractivity contribution < 1.29 is 4.79 Å². The van der Waals surface area contributed by atoms with Crippen LogP contribution >= 0.6 is 11.3 Å². The predicted molar refractivity (Wildman–Crippen MR) is 97.2 cm³/mol. The Balaban J connectivity index is 1.59. The number of hydrogen-bond acceptors (Lipinski definition) is 4. The van der Waals surface area contributed by atoms with Gasteiger partial charge in [-0.05, 0) is 37.1 Å². The molecule has 24 heavy (non-hydrogen) atoms. The van der Waals surface area contributed by atoms with Crippen LogP contribution in [0.4, 0.5) is 5.69 Å². The van der Waals surface area contributed by atoms with Gasteiger partial charge in [0.2, 0.25) is 5.91 Å². The van der Waals surface area contributed by atoms with Gasteiger partial charge in [0.25, 0.3) is 0 Å².